The molecule has 152 valence electrons. The predicted molar refractivity (Wildman–Crippen MR) is 124 cm³/mol. The molecule has 6 unspecified atom stereocenters. The van der Waals surface area contributed by atoms with E-state index in [1.54, 1.807) is 0 Å². The van der Waals surface area contributed by atoms with Crippen LogP contribution in [0.15, 0.2) is 0 Å². The predicted octanol–water partition coefficient (Wildman–Crippen LogP) is 5.65. The molecule has 3 fully saturated rings. The normalized spacial score (nSPS) is 44.0. The lowest BCUT2D eigenvalue weighted by Gasteiger charge is -2.62. The zero-order valence-electron chi connectivity index (χ0n) is 18.0. The summed E-state index contributed by atoms with van der Waals surface area (Å²) in [6.07, 6.45) is 12.5. The first-order chi connectivity index (χ1) is 12.3. The Morgan fingerprint density at radius 3 is 0.885 bits per heavy atom. The minimum atomic E-state index is -1.96. The van der Waals surface area contributed by atoms with Crippen molar-refractivity contribution in [2.24, 2.45) is 0 Å². The van der Waals surface area contributed by atoms with Crippen LogP contribution >= 0.6 is 21.8 Å². The lowest BCUT2D eigenvalue weighted by Crippen LogP contribution is -2.81. The van der Waals surface area contributed by atoms with Crippen LogP contribution < -0.4 is 0 Å². The maximum Gasteiger partial charge on any atom is 0.360 e. The number of hydrogen-bond donors (Lipinski definition) is 0. The van der Waals surface area contributed by atoms with E-state index >= 15 is 0 Å². The van der Waals surface area contributed by atoms with Crippen LogP contribution in [0.5, 0.6) is 0 Å². The molecule has 3 nitrogen and oxygen atoms in total. The molecule has 0 saturated carbocycles. The topological polar surface area (TPSA) is 9.72 Å². The second kappa shape index (κ2) is 8.68. The van der Waals surface area contributed by atoms with Crippen molar-refractivity contribution in [3.8, 4) is 0 Å². The molecule has 0 aromatic heterocycles. The monoisotopic (exact) mass is 491 g/mol. The van der Waals surface area contributed by atoms with Crippen molar-refractivity contribution >= 4 is 27.9 Å². The quantitative estimate of drug-likeness (QED) is 0.287. The van der Waals surface area contributed by atoms with Gasteiger partial charge in [0, 0.05) is 36.3 Å². The average molecular weight is 492 g/mol. The SMILES string of the molecule is CC1CCCC(C)N1[Si](I)(N1C(C)CCCC1C)N1C(C)CCCC1C. The van der Waals surface area contributed by atoms with Crippen LogP contribution in [0.1, 0.15) is 99.3 Å². The van der Waals surface area contributed by atoms with Crippen LogP contribution in [0.3, 0.4) is 0 Å². The van der Waals surface area contributed by atoms with Crippen molar-refractivity contribution in [2.75, 3.05) is 0 Å². The zero-order valence-corrected chi connectivity index (χ0v) is 21.2. The minimum absolute atomic E-state index is 0.727. The summed E-state index contributed by atoms with van der Waals surface area (Å²) >= 11 is 3.04. The summed E-state index contributed by atoms with van der Waals surface area (Å²) in [5.41, 5.74) is 0. The maximum absolute atomic E-state index is 3.06. The summed E-state index contributed by atoms with van der Waals surface area (Å²) in [4.78, 5) is 0. The second-order valence-electron chi connectivity index (χ2n) is 9.66. The summed E-state index contributed by atoms with van der Waals surface area (Å²) in [5, 5.41) is 0. The fraction of sp³-hybridized carbons (Fsp3) is 1.00. The third-order valence-electron chi connectivity index (χ3n) is 7.57. The van der Waals surface area contributed by atoms with Gasteiger partial charge < -0.3 is 0 Å². The molecule has 0 aromatic rings. The van der Waals surface area contributed by atoms with Crippen LogP contribution in [0.4, 0.5) is 0 Å². The molecule has 3 saturated heterocycles. The number of hydrogen-bond acceptors (Lipinski definition) is 3. The molecular weight excluding hydrogens is 449 g/mol. The highest BCUT2D eigenvalue weighted by atomic mass is 127. The van der Waals surface area contributed by atoms with Crippen molar-refractivity contribution in [3.05, 3.63) is 0 Å². The number of halogens is 1. The molecule has 0 radical (unpaired) electrons. The van der Waals surface area contributed by atoms with Gasteiger partial charge in [-0.2, -0.15) is 0 Å². The molecule has 3 heterocycles. The van der Waals surface area contributed by atoms with Crippen LogP contribution in [0.2, 0.25) is 0 Å². The van der Waals surface area contributed by atoms with Crippen LogP contribution in [0, 0.1) is 0 Å². The van der Waals surface area contributed by atoms with Gasteiger partial charge in [0.15, 0.2) is 0 Å². The van der Waals surface area contributed by atoms with Gasteiger partial charge in [-0.3, -0.25) is 13.7 Å². The van der Waals surface area contributed by atoms with Crippen molar-refractivity contribution < 1.29 is 0 Å². The highest BCUT2D eigenvalue weighted by Crippen LogP contribution is 2.44. The summed E-state index contributed by atoms with van der Waals surface area (Å²) < 4.78 is 9.19. The molecule has 6 atom stereocenters. The van der Waals surface area contributed by atoms with Gasteiger partial charge in [-0.1, -0.05) is 82.6 Å². The Bertz CT molecular complexity index is 382. The lowest BCUT2D eigenvalue weighted by atomic mass is 10.0. The largest absolute Gasteiger partial charge is 0.360 e. The smallest absolute Gasteiger partial charge is 0.286 e. The molecule has 3 aliphatic heterocycles. The molecule has 0 spiro atoms. The lowest BCUT2D eigenvalue weighted by molar-refractivity contribution is 0.0747. The fourth-order valence-corrected chi connectivity index (χ4v) is 19.8. The van der Waals surface area contributed by atoms with Crippen LogP contribution in [-0.2, 0) is 0 Å². The average Bonchev–Trinajstić information content (AvgIpc) is 2.54. The third kappa shape index (κ3) is 3.81. The van der Waals surface area contributed by atoms with E-state index in [2.05, 4.69) is 77.0 Å². The van der Waals surface area contributed by atoms with E-state index in [1.165, 1.54) is 57.8 Å². The van der Waals surface area contributed by atoms with Crippen molar-refractivity contribution in [1.82, 2.24) is 13.7 Å². The highest BCUT2D eigenvalue weighted by molar-refractivity contribution is 14.1. The van der Waals surface area contributed by atoms with E-state index in [0.29, 0.717) is 0 Å². The Morgan fingerprint density at radius 1 is 0.500 bits per heavy atom. The van der Waals surface area contributed by atoms with Crippen molar-refractivity contribution in [1.29, 1.82) is 0 Å². The van der Waals surface area contributed by atoms with E-state index in [9.17, 15) is 0 Å². The molecule has 5 heteroatoms. The summed E-state index contributed by atoms with van der Waals surface area (Å²) in [6, 6.07) is 2.41. The Labute approximate surface area is 176 Å². The third-order valence-corrected chi connectivity index (χ3v) is 17.2. The molecule has 26 heavy (non-hydrogen) atoms. The van der Waals surface area contributed by atoms with Gasteiger partial charge in [0.05, 0.1) is 0 Å². The number of nitrogens with zero attached hydrogens (tertiary/aromatic N) is 3. The fourth-order valence-electron chi connectivity index (χ4n) is 6.35. The van der Waals surface area contributed by atoms with Gasteiger partial charge in [-0.25, -0.2) is 0 Å². The maximum atomic E-state index is 3.06. The Hall–Kier alpha value is 0.827. The number of rotatable bonds is 3. The van der Waals surface area contributed by atoms with Gasteiger partial charge in [0.25, 0.3) is 0 Å². The zero-order chi connectivity index (χ0) is 19.1. The Kier molecular flexibility index (Phi) is 7.19. The minimum Gasteiger partial charge on any atom is -0.286 e. The van der Waals surface area contributed by atoms with Gasteiger partial charge in [-0.15, -0.1) is 0 Å². The summed E-state index contributed by atoms with van der Waals surface area (Å²) in [5.74, 6) is 0. The highest BCUT2D eigenvalue weighted by Gasteiger charge is 2.58. The molecule has 0 aliphatic carbocycles. The van der Waals surface area contributed by atoms with E-state index < -0.39 is 6.06 Å². The van der Waals surface area contributed by atoms with Crippen LogP contribution in [-0.4, -0.2) is 56.0 Å². The van der Waals surface area contributed by atoms with E-state index in [0.717, 1.165) is 36.3 Å². The molecule has 3 aliphatic rings. The molecule has 0 aromatic carbocycles. The van der Waals surface area contributed by atoms with E-state index in [4.69, 9.17) is 0 Å². The number of piperidine rings is 3. The summed E-state index contributed by atoms with van der Waals surface area (Å²) in [7, 11) is 0. The first-order valence-electron chi connectivity index (χ1n) is 11.3. The van der Waals surface area contributed by atoms with E-state index in [1.807, 2.05) is 0 Å². The van der Waals surface area contributed by atoms with Gasteiger partial charge >= 0.3 is 6.06 Å². The van der Waals surface area contributed by atoms with Gasteiger partial charge in [0.2, 0.25) is 0 Å². The molecule has 0 bridgehead atoms. The van der Waals surface area contributed by atoms with E-state index in [-0.39, 0.29) is 0 Å². The summed E-state index contributed by atoms with van der Waals surface area (Å²) in [6.45, 7) is 15.1. The first kappa shape index (κ1) is 21.5. The molecule has 0 amide bonds. The Morgan fingerprint density at radius 2 is 0.692 bits per heavy atom. The molecule has 0 N–H and O–H groups in total. The molecule has 3 rings (SSSR count). The van der Waals surface area contributed by atoms with Crippen molar-refractivity contribution in [2.45, 2.75) is 136 Å². The van der Waals surface area contributed by atoms with Gasteiger partial charge in [-0.05, 0) is 38.5 Å². The van der Waals surface area contributed by atoms with Crippen LogP contribution in [0.25, 0.3) is 0 Å². The Balaban J connectivity index is 2.08. The van der Waals surface area contributed by atoms with Crippen molar-refractivity contribution in [3.63, 3.8) is 0 Å². The first-order valence-corrected chi connectivity index (χ1v) is 16.3. The molecular formula is C21H42IN3Si. The standard InChI is InChI=1S/C21H42IN3Si/c1-16-10-7-11-17(2)23(16)26(22,24-18(3)12-8-13-19(24)4)25-20(5)14-9-15-21(25)6/h16-21H,7-15H2,1-6H3. The second-order valence-corrected chi connectivity index (χ2v) is 16.7. The van der Waals surface area contributed by atoms with Gasteiger partial charge in [0.1, 0.15) is 0 Å².